The van der Waals surface area contributed by atoms with Crippen molar-refractivity contribution in [1.82, 2.24) is 0 Å². The maximum atomic E-state index is 12.5. The van der Waals surface area contributed by atoms with Crippen molar-refractivity contribution in [3.8, 4) is 5.75 Å². The van der Waals surface area contributed by atoms with Crippen LogP contribution in [0, 0.1) is 5.82 Å². The Bertz CT molecular complexity index is 306. The summed E-state index contributed by atoms with van der Waals surface area (Å²) in [6.45, 7) is 0. The number of ether oxygens (including phenoxy) is 1. The zero-order valence-corrected chi connectivity index (χ0v) is 4.93. The predicted molar refractivity (Wildman–Crippen MR) is 31.4 cm³/mol. The van der Waals surface area contributed by atoms with Gasteiger partial charge in [-0.05, 0) is 18.2 Å². The average molecular weight is 138 g/mol. The molecular formula is C7H3FO2. The molecule has 0 radical (unpaired) electrons. The van der Waals surface area contributed by atoms with Crippen LogP contribution < -0.4 is 4.74 Å². The molecule has 0 saturated carbocycles. The molecule has 0 atom stereocenters. The third-order valence-corrected chi connectivity index (χ3v) is 1.37. The normalized spacial score (nSPS) is 13.5. The molecule has 0 amide bonds. The van der Waals surface area contributed by atoms with Gasteiger partial charge in [-0.2, -0.15) is 0 Å². The third kappa shape index (κ3) is 0.543. The van der Waals surface area contributed by atoms with Crippen molar-refractivity contribution in [2.75, 3.05) is 0 Å². The smallest absolute Gasteiger partial charge is 0.343 e. The maximum Gasteiger partial charge on any atom is 0.343 e. The van der Waals surface area contributed by atoms with Gasteiger partial charge in [-0.15, -0.1) is 0 Å². The van der Waals surface area contributed by atoms with E-state index in [1.165, 1.54) is 18.2 Å². The fourth-order valence-corrected chi connectivity index (χ4v) is 0.867. The topological polar surface area (TPSA) is 26.3 Å². The molecule has 0 saturated heterocycles. The Balaban J connectivity index is 2.68. The lowest BCUT2D eigenvalue weighted by Gasteiger charge is -1.89. The van der Waals surface area contributed by atoms with Gasteiger partial charge in [0.2, 0.25) is 0 Å². The first-order valence-electron chi connectivity index (χ1n) is 2.79. The molecule has 1 aliphatic rings. The Labute approximate surface area is 56.2 Å². The van der Waals surface area contributed by atoms with Crippen LogP contribution in [0.1, 0.15) is 10.4 Å². The summed E-state index contributed by atoms with van der Waals surface area (Å²) in [6.07, 6.45) is 0. The number of carbonyl (C=O) groups is 1. The van der Waals surface area contributed by atoms with Crippen LogP contribution >= 0.6 is 0 Å². The molecule has 2 rings (SSSR count). The first-order chi connectivity index (χ1) is 4.77. The first-order valence-corrected chi connectivity index (χ1v) is 2.79. The van der Waals surface area contributed by atoms with E-state index in [2.05, 4.69) is 4.74 Å². The minimum atomic E-state index is -0.491. The maximum absolute atomic E-state index is 12.5. The molecule has 0 aliphatic carbocycles. The highest BCUT2D eigenvalue weighted by molar-refractivity contribution is 5.94. The lowest BCUT2D eigenvalue weighted by atomic mass is 10.2. The van der Waals surface area contributed by atoms with Crippen LogP contribution in [0.3, 0.4) is 0 Å². The number of rotatable bonds is 0. The SMILES string of the molecule is O=C1Oc2cc1ccc2F. The van der Waals surface area contributed by atoms with Gasteiger partial charge in [0.15, 0.2) is 11.6 Å². The van der Waals surface area contributed by atoms with Crippen molar-refractivity contribution in [2.24, 2.45) is 0 Å². The molecule has 1 aromatic rings. The molecule has 0 N–H and O–H groups in total. The lowest BCUT2D eigenvalue weighted by Crippen LogP contribution is -1.99. The van der Waals surface area contributed by atoms with Crippen LogP contribution in [0.4, 0.5) is 4.39 Å². The molecule has 0 fully saturated rings. The van der Waals surface area contributed by atoms with Crippen LogP contribution in [0.15, 0.2) is 18.2 Å². The summed E-state index contributed by atoms with van der Waals surface area (Å²) in [5.41, 5.74) is 0.413. The van der Waals surface area contributed by atoms with Crippen molar-refractivity contribution >= 4 is 5.97 Å². The largest absolute Gasteiger partial charge is 0.420 e. The van der Waals surface area contributed by atoms with Crippen LogP contribution in [0.2, 0.25) is 0 Å². The molecule has 2 bridgehead atoms. The van der Waals surface area contributed by atoms with Gasteiger partial charge in [0.25, 0.3) is 0 Å². The van der Waals surface area contributed by atoms with Gasteiger partial charge < -0.3 is 4.74 Å². The standard InChI is InChI=1S/C7H3FO2/c8-5-2-1-4-3-6(5)10-7(4)9/h1-3H. The summed E-state index contributed by atoms with van der Waals surface area (Å²) in [6, 6.07) is 4.00. The first kappa shape index (κ1) is 5.41. The van der Waals surface area contributed by atoms with Crippen LogP contribution in [0.25, 0.3) is 0 Å². The summed E-state index contributed by atoms with van der Waals surface area (Å²) in [5, 5.41) is 0. The molecule has 1 heterocycles. The summed E-state index contributed by atoms with van der Waals surface area (Å²) in [7, 11) is 0. The van der Waals surface area contributed by atoms with E-state index >= 15 is 0 Å². The zero-order chi connectivity index (χ0) is 7.14. The minimum Gasteiger partial charge on any atom is -0.420 e. The van der Waals surface area contributed by atoms with Crippen molar-refractivity contribution in [3.63, 3.8) is 0 Å². The second kappa shape index (κ2) is 1.56. The molecular weight excluding hydrogens is 135 g/mol. The third-order valence-electron chi connectivity index (χ3n) is 1.37. The fourth-order valence-electron chi connectivity index (χ4n) is 0.867. The predicted octanol–water partition coefficient (Wildman–Crippen LogP) is 1.36. The summed E-state index contributed by atoms with van der Waals surface area (Å²) in [4.78, 5) is 10.7. The Morgan fingerprint density at radius 3 is 2.90 bits per heavy atom. The molecule has 50 valence electrons. The number of hydrogen-bond acceptors (Lipinski definition) is 2. The monoisotopic (exact) mass is 138 g/mol. The second-order valence-electron chi connectivity index (χ2n) is 2.03. The number of esters is 1. The van der Waals surface area contributed by atoms with Gasteiger partial charge >= 0.3 is 5.97 Å². The van der Waals surface area contributed by atoms with E-state index in [1.807, 2.05) is 0 Å². The van der Waals surface area contributed by atoms with Gasteiger partial charge in [-0.1, -0.05) is 0 Å². The van der Waals surface area contributed by atoms with E-state index in [-0.39, 0.29) is 5.75 Å². The van der Waals surface area contributed by atoms with E-state index in [0.29, 0.717) is 5.56 Å². The molecule has 0 unspecified atom stereocenters. The van der Waals surface area contributed by atoms with Gasteiger partial charge in [0.05, 0.1) is 5.56 Å². The number of benzene rings is 1. The molecule has 0 spiro atoms. The fraction of sp³-hybridized carbons (Fsp3) is 0. The van der Waals surface area contributed by atoms with Gasteiger partial charge in [0, 0.05) is 0 Å². The summed E-state index contributed by atoms with van der Waals surface area (Å²) in [5.74, 6) is -0.934. The minimum absolute atomic E-state index is 0.0301. The Morgan fingerprint density at radius 1 is 1.40 bits per heavy atom. The van der Waals surface area contributed by atoms with Crippen LogP contribution in [-0.4, -0.2) is 5.97 Å². The zero-order valence-electron chi connectivity index (χ0n) is 4.93. The van der Waals surface area contributed by atoms with Gasteiger partial charge in [-0.25, -0.2) is 9.18 Å². The van der Waals surface area contributed by atoms with Crippen molar-refractivity contribution < 1.29 is 13.9 Å². The summed E-state index contributed by atoms with van der Waals surface area (Å²) < 4.78 is 17.0. The highest BCUT2D eigenvalue weighted by Gasteiger charge is 2.20. The van der Waals surface area contributed by atoms with E-state index in [9.17, 15) is 9.18 Å². The number of halogens is 1. The van der Waals surface area contributed by atoms with Gasteiger partial charge in [-0.3, -0.25) is 0 Å². The molecule has 1 aromatic carbocycles. The van der Waals surface area contributed by atoms with E-state index in [4.69, 9.17) is 0 Å². The molecule has 0 aromatic heterocycles. The van der Waals surface area contributed by atoms with E-state index in [0.717, 1.165) is 0 Å². The molecule has 10 heavy (non-hydrogen) atoms. The molecule has 3 heteroatoms. The van der Waals surface area contributed by atoms with E-state index < -0.39 is 11.8 Å². The Kier molecular flexibility index (Phi) is 0.845. The van der Waals surface area contributed by atoms with Crippen molar-refractivity contribution in [2.45, 2.75) is 0 Å². The van der Waals surface area contributed by atoms with Crippen molar-refractivity contribution in [3.05, 3.63) is 29.6 Å². The van der Waals surface area contributed by atoms with Crippen LogP contribution in [-0.2, 0) is 0 Å². The summed E-state index contributed by atoms with van der Waals surface area (Å²) >= 11 is 0. The van der Waals surface area contributed by atoms with Crippen LogP contribution in [0.5, 0.6) is 5.75 Å². The lowest BCUT2D eigenvalue weighted by molar-refractivity contribution is 0.0750. The number of hydrogen-bond donors (Lipinski definition) is 0. The highest BCUT2D eigenvalue weighted by Crippen LogP contribution is 2.25. The van der Waals surface area contributed by atoms with E-state index in [1.54, 1.807) is 0 Å². The number of carbonyl (C=O) groups excluding carboxylic acids is 1. The van der Waals surface area contributed by atoms with Crippen molar-refractivity contribution in [1.29, 1.82) is 0 Å². The Hall–Kier alpha value is -1.38. The highest BCUT2D eigenvalue weighted by atomic mass is 19.1. The molecule has 2 nitrogen and oxygen atoms in total. The average Bonchev–Trinajstić information content (AvgIpc) is 2.21. The second-order valence-corrected chi connectivity index (χ2v) is 2.03. The van der Waals surface area contributed by atoms with Gasteiger partial charge in [0.1, 0.15) is 0 Å². The Morgan fingerprint density at radius 2 is 2.20 bits per heavy atom. The quantitative estimate of drug-likeness (QED) is 0.506. The number of fused-ring (bicyclic) bond motifs is 2. The molecule has 1 aliphatic heterocycles.